The largest absolute Gasteiger partial charge is 0.242 e. The molecule has 3 rings (SSSR count). The van der Waals surface area contributed by atoms with E-state index in [0.717, 1.165) is 21.5 Å². The van der Waals surface area contributed by atoms with Gasteiger partial charge in [-0.2, -0.15) is 0 Å². The molecule has 26 heavy (non-hydrogen) atoms. The molecule has 1 aliphatic rings. The van der Waals surface area contributed by atoms with Gasteiger partial charge in [0.25, 0.3) is 0 Å². The minimum Gasteiger partial charge on any atom is -0.242 e. The second-order valence-electron chi connectivity index (χ2n) is 6.67. The average molecular weight is 386 g/mol. The molecule has 0 spiro atoms. The van der Waals surface area contributed by atoms with Crippen LogP contribution >= 0.6 is 23.5 Å². The molecule has 0 aromatic heterocycles. The average Bonchev–Trinajstić information content (AvgIpc) is 2.64. The van der Waals surface area contributed by atoms with Crippen LogP contribution in [0.25, 0.3) is 0 Å². The van der Waals surface area contributed by atoms with Crippen molar-refractivity contribution < 1.29 is 4.39 Å². The summed E-state index contributed by atoms with van der Waals surface area (Å²) in [7, 11) is 0. The van der Waals surface area contributed by atoms with Crippen LogP contribution in [0.4, 0.5) is 10.1 Å². The van der Waals surface area contributed by atoms with Crippen LogP contribution in [0.5, 0.6) is 0 Å². The van der Waals surface area contributed by atoms with Gasteiger partial charge in [0.1, 0.15) is 5.82 Å². The fraction of sp³-hybridized carbons (Fsp3) is 0.318. The number of thioether (sulfide) groups is 2. The second kappa shape index (κ2) is 9.98. The topological polar surface area (TPSA) is 12.4 Å². The molecule has 2 aromatic carbocycles. The van der Waals surface area contributed by atoms with E-state index in [4.69, 9.17) is 4.99 Å². The van der Waals surface area contributed by atoms with E-state index in [1.165, 1.54) is 37.8 Å². The summed E-state index contributed by atoms with van der Waals surface area (Å²) in [4.78, 5) is 5.87. The first-order valence-corrected chi connectivity index (χ1v) is 10.8. The first-order chi connectivity index (χ1) is 12.7. The number of halogens is 1. The van der Waals surface area contributed by atoms with Crippen LogP contribution in [0, 0.1) is 11.7 Å². The predicted octanol–water partition coefficient (Wildman–Crippen LogP) is 7.47. The Morgan fingerprint density at radius 3 is 2.58 bits per heavy atom. The zero-order chi connectivity index (χ0) is 18.2. The summed E-state index contributed by atoms with van der Waals surface area (Å²) in [5.41, 5.74) is 0.982. The number of nitrogens with zero attached hydrogens (tertiary/aromatic N) is 1. The Labute approximate surface area is 164 Å². The highest BCUT2D eigenvalue weighted by atomic mass is 32.2. The molecule has 136 valence electrons. The van der Waals surface area contributed by atoms with E-state index >= 15 is 0 Å². The molecule has 0 amide bonds. The lowest BCUT2D eigenvalue weighted by atomic mass is 9.91. The third-order valence-corrected chi connectivity index (χ3v) is 6.45. The standard InChI is InChI=1S/C22H24FNS2/c1-17-6-5-9-21(16-17)26-22(24-19-7-3-2-4-8-19)14-15-25-20-12-10-18(23)11-13-20/h2-4,7-8,10-15,17,21H,5-6,9,16H2,1H3/b15-14+,24-22?. The van der Waals surface area contributed by atoms with Crippen molar-refractivity contribution in [2.45, 2.75) is 42.8 Å². The van der Waals surface area contributed by atoms with Gasteiger partial charge in [-0.3, -0.25) is 0 Å². The van der Waals surface area contributed by atoms with Crippen molar-refractivity contribution in [1.82, 2.24) is 0 Å². The van der Waals surface area contributed by atoms with Crippen LogP contribution in [0.1, 0.15) is 32.6 Å². The fourth-order valence-electron chi connectivity index (χ4n) is 3.07. The molecule has 0 saturated heterocycles. The van der Waals surface area contributed by atoms with E-state index in [1.54, 1.807) is 23.9 Å². The van der Waals surface area contributed by atoms with Gasteiger partial charge in [-0.1, -0.05) is 49.7 Å². The molecule has 0 aliphatic heterocycles. The Morgan fingerprint density at radius 2 is 1.85 bits per heavy atom. The van der Waals surface area contributed by atoms with Crippen molar-refractivity contribution in [2.75, 3.05) is 0 Å². The van der Waals surface area contributed by atoms with Gasteiger partial charge in [-0.25, -0.2) is 9.38 Å². The number of rotatable bonds is 5. The number of aliphatic imine (C=N–C) groups is 1. The Balaban J connectivity index is 1.70. The predicted molar refractivity (Wildman–Crippen MR) is 114 cm³/mol. The van der Waals surface area contributed by atoms with Crippen LogP contribution in [0.3, 0.4) is 0 Å². The Bertz CT molecular complexity index is 740. The maximum absolute atomic E-state index is 13.0. The van der Waals surface area contributed by atoms with Crippen LogP contribution in [0.15, 0.2) is 76.0 Å². The number of hydrogen-bond donors (Lipinski definition) is 0. The van der Waals surface area contributed by atoms with Gasteiger partial charge in [0.05, 0.1) is 10.7 Å². The zero-order valence-electron chi connectivity index (χ0n) is 15.0. The smallest absolute Gasteiger partial charge is 0.123 e. The maximum atomic E-state index is 13.0. The molecule has 2 atom stereocenters. The Kier molecular flexibility index (Phi) is 7.39. The third kappa shape index (κ3) is 6.33. The summed E-state index contributed by atoms with van der Waals surface area (Å²) < 4.78 is 13.0. The summed E-state index contributed by atoms with van der Waals surface area (Å²) in [6, 6.07) is 16.7. The van der Waals surface area contributed by atoms with Crippen molar-refractivity contribution in [2.24, 2.45) is 10.9 Å². The molecule has 2 aromatic rings. The molecule has 0 radical (unpaired) electrons. The summed E-state index contributed by atoms with van der Waals surface area (Å²) >= 11 is 3.48. The van der Waals surface area contributed by atoms with Crippen molar-refractivity contribution in [3.63, 3.8) is 0 Å². The molecular weight excluding hydrogens is 361 g/mol. The van der Waals surface area contributed by atoms with Crippen molar-refractivity contribution in [3.05, 3.63) is 71.9 Å². The van der Waals surface area contributed by atoms with Crippen molar-refractivity contribution in [3.8, 4) is 0 Å². The third-order valence-electron chi connectivity index (χ3n) is 4.40. The first kappa shape index (κ1) is 19.2. The highest BCUT2D eigenvalue weighted by Gasteiger charge is 2.20. The zero-order valence-corrected chi connectivity index (χ0v) is 16.6. The van der Waals surface area contributed by atoms with Gasteiger partial charge in [0, 0.05) is 10.1 Å². The fourth-order valence-corrected chi connectivity index (χ4v) is 5.16. The van der Waals surface area contributed by atoms with Crippen LogP contribution in [0.2, 0.25) is 0 Å². The maximum Gasteiger partial charge on any atom is 0.123 e. The van der Waals surface area contributed by atoms with Gasteiger partial charge in [-0.05, 0) is 66.6 Å². The number of hydrogen-bond acceptors (Lipinski definition) is 3. The van der Waals surface area contributed by atoms with Gasteiger partial charge in [0.2, 0.25) is 0 Å². The minimum absolute atomic E-state index is 0.202. The van der Waals surface area contributed by atoms with E-state index in [1.807, 2.05) is 47.5 Å². The van der Waals surface area contributed by atoms with Gasteiger partial charge in [-0.15, -0.1) is 11.8 Å². The van der Waals surface area contributed by atoms with Crippen LogP contribution in [-0.4, -0.2) is 10.3 Å². The van der Waals surface area contributed by atoms with E-state index in [2.05, 4.69) is 13.0 Å². The monoisotopic (exact) mass is 385 g/mol. The van der Waals surface area contributed by atoms with E-state index in [-0.39, 0.29) is 5.82 Å². The normalized spacial score (nSPS) is 21.2. The summed E-state index contributed by atoms with van der Waals surface area (Å²) in [5, 5.41) is 3.74. The number of benzene rings is 2. The number of para-hydroxylation sites is 1. The molecule has 1 saturated carbocycles. The molecule has 1 nitrogen and oxygen atoms in total. The minimum atomic E-state index is -0.202. The summed E-state index contributed by atoms with van der Waals surface area (Å²) in [6.07, 6.45) is 7.27. The van der Waals surface area contributed by atoms with Crippen LogP contribution < -0.4 is 0 Å². The highest BCUT2D eigenvalue weighted by Crippen LogP contribution is 2.34. The lowest BCUT2D eigenvalue weighted by molar-refractivity contribution is 0.395. The lowest BCUT2D eigenvalue weighted by Gasteiger charge is -2.26. The molecular formula is C22H24FNS2. The van der Waals surface area contributed by atoms with Gasteiger partial charge < -0.3 is 0 Å². The molecule has 2 unspecified atom stereocenters. The molecule has 1 aliphatic carbocycles. The summed E-state index contributed by atoms with van der Waals surface area (Å²) in [5.74, 6) is 0.600. The lowest BCUT2D eigenvalue weighted by Crippen LogP contribution is -2.16. The van der Waals surface area contributed by atoms with Crippen molar-refractivity contribution in [1.29, 1.82) is 0 Å². The Hall–Kier alpha value is -1.52. The Morgan fingerprint density at radius 1 is 1.08 bits per heavy atom. The molecule has 0 N–H and O–H groups in total. The molecule has 0 bridgehead atoms. The van der Waals surface area contributed by atoms with Gasteiger partial charge in [0.15, 0.2) is 0 Å². The highest BCUT2D eigenvalue weighted by molar-refractivity contribution is 8.15. The van der Waals surface area contributed by atoms with Gasteiger partial charge >= 0.3 is 0 Å². The first-order valence-electron chi connectivity index (χ1n) is 9.08. The van der Waals surface area contributed by atoms with E-state index < -0.39 is 0 Å². The molecule has 4 heteroatoms. The van der Waals surface area contributed by atoms with Crippen molar-refractivity contribution >= 4 is 34.3 Å². The quantitative estimate of drug-likeness (QED) is 0.300. The second-order valence-corrected chi connectivity index (χ2v) is 8.97. The van der Waals surface area contributed by atoms with E-state index in [0.29, 0.717) is 5.25 Å². The molecule has 1 fully saturated rings. The van der Waals surface area contributed by atoms with Crippen LogP contribution in [-0.2, 0) is 0 Å². The summed E-state index contributed by atoms with van der Waals surface area (Å²) in [6.45, 7) is 2.35. The SMILES string of the molecule is CC1CCCC(SC(/C=C/Sc2ccc(F)cc2)=Nc2ccccc2)C1. The van der Waals surface area contributed by atoms with E-state index in [9.17, 15) is 4.39 Å². The molecule has 0 heterocycles.